The molecule has 0 amide bonds. The molecule has 4 nitrogen and oxygen atoms in total. The largest absolute Gasteiger partial charge is 0.384 e. The number of rotatable bonds is 4. The van der Waals surface area contributed by atoms with Gasteiger partial charge in [0.1, 0.15) is 11.4 Å². The van der Waals surface area contributed by atoms with Crippen molar-refractivity contribution in [3.05, 3.63) is 65.5 Å². The number of benzene rings is 2. The molecule has 116 valence electrons. The second-order valence-electron chi connectivity index (χ2n) is 5.47. The predicted octanol–water partition coefficient (Wildman–Crippen LogP) is 2.77. The Bertz CT molecular complexity index is 649. The lowest BCUT2D eigenvalue weighted by Crippen LogP contribution is -2.29. The highest BCUT2D eigenvalue weighted by molar-refractivity contribution is 5.92. The first-order valence-electron chi connectivity index (χ1n) is 6.99. The van der Waals surface area contributed by atoms with Crippen molar-refractivity contribution in [2.24, 2.45) is 10.7 Å². The second-order valence-corrected chi connectivity index (χ2v) is 5.47. The van der Waals surface area contributed by atoms with Gasteiger partial charge in [-0.15, -0.1) is 0 Å². The number of aryl methyl sites for hydroxylation is 1. The van der Waals surface area contributed by atoms with Crippen LogP contribution in [0.4, 0.5) is 10.1 Å². The molecule has 5 heteroatoms. The topological polar surface area (TPSA) is 70.6 Å². The van der Waals surface area contributed by atoms with Gasteiger partial charge in [-0.3, -0.25) is 0 Å². The van der Waals surface area contributed by atoms with Gasteiger partial charge in [0.15, 0.2) is 5.96 Å². The van der Waals surface area contributed by atoms with E-state index in [1.165, 1.54) is 24.3 Å². The molecule has 1 unspecified atom stereocenters. The highest BCUT2D eigenvalue weighted by atomic mass is 19.1. The average molecular weight is 301 g/mol. The van der Waals surface area contributed by atoms with Crippen LogP contribution in [-0.4, -0.2) is 17.6 Å². The lowest BCUT2D eigenvalue weighted by atomic mass is 9.96. The number of hydrogen-bond acceptors (Lipinski definition) is 2. The molecule has 0 fully saturated rings. The van der Waals surface area contributed by atoms with Crippen molar-refractivity contribution in [3.63, 3.8) is 0 Å². The number of hydrogen-bond donors (Lipinski definition) is 3. The van der Waals surface area contributed by atoms with Gasteiger partial charge in [0.25, 0.3) is 0 Å². The second kappa shape index (κ2) is 6.58. The van der Waals surface area contributed by atoms with Gasteiger partial charge < -0.3 is 16.2 Å². The minimum absolute atomic E-state index is 0.0727. The van der Waals surface area contributed by atoms with Gasteiger partial charge in [-0.2, -0.15) is 0 Å². The predicted molar refractivity (Wildman–Crippen MR) is 87.3 cm³/mol. The first-order chi connectivity index (χ1) is 10.4. The summed E-state index contributed by atoms with van der Waals surface area (Å²) in [5, 5.41) is 13.4. The van der Waals surface area contributed by atoms with Crippen LogP contribution < -0.4 is 11.1 Å². The van der Waals surface area contributed by atoms with Crippen LogP contribution in [0.1, 0.15) is 18.1 Å². The third-order valence-corrected chi connectivity index (χ3v) is 3.35. The summed E-state index contributed by atoms with van der Waals surface area (Å²) in [5.74, 6) is -0.130. The minimum atomic E-state index is -1.22. The molecule has 2 rings (SSSR count). The molecular formula is C17H20FN3O. The highest BCUT2D eigenvalue weighted by Crippen LogP contribution is 2.21. The van der Waals surface area contributed by atoms with Crippen molar-refractivity contribution in [3.8, 4) is 0 Å². The van der Waals surface area contributed by atoms with E-state index in [1.54, 1.807) is 6.92 Å². The summed E-state index contributed by atoms with van der Waals surface area (Å²) >= 11 is 0. The molecule has 0 bridgehead atoms. The summed E-state index contributed by atoms with van der Waals surface area (Å²) < 4.78 is 12.9. The van der Waals surface area contributed by atoms with E-state index in [2.05, 4.69) is 10.3 Å². The Morgan fingerprint density at radius 3 is 2.36 bits per heavy atom. The van der Waals surface area contributed by atoms with Gasteiger partial charge in [0.05, 0.1) is 6.54 Å². The summed E-state index contributed by atoms with van der Waals surface area (Å²) in [7, 11) is 0. The maximum atomic E-state index is 12.9. The normalized spacial score (nSPS) is 14.5. The quantitative estimate of drug-likeness (QED) is 0.601. The Labute approximate surface area is 129 Å². The fraction of sp³-hybridized carbons (Fsp3) is 0.235. The van der Waals surface area contributed by atoms with E-state index < -0.39 is 5.60 Å². The number of nitrogens with one attached hydrogen (secondary N) is 1. The van der Waals surface area contributed by atoms with Crippen molar-refractivity contribution >= 4 is 11.6 Å². The number of aliphatic hydroxyl groups is 1. The van der Waals surface area contributed by atoms with Crippen molar-refractivity contribution in [1.29, 1.82) is 0 Å². The first-order valence-corrected chi connectivity index (χ1v) is 6.99. The molecule has 4 N–H and O–H groups in total. The zero-order valence-corrected chi connectivity index (χ0v) is 12.7. The van der Waals surface area contributed by atoms with Gasteiger partial charge in [0.2, 0.25) is 0 Å². The fourth-order valence-corrected chi connectivity index (χ4v) is 1.96. The van der Waals surface area contributed by atoms with Crippen molar-refractivity contribution in [2.45, 2.75) is 19.4 Å². The van der Waals surface area contributed by atoms with E-state index in [-0.39, 0.29) is 18.3 Å². The van der Waals surface area contributed by atoms with Gasteiger partial charge >= 0.3 is 0 Å². The van der Waals surface area contributed by atoms with Crippen LogP contribution in [0, 0.1) is 12.7 Å². The molecular weight excluding hydrogens is 281 g/mol. The Morgan fingerprint density at radius 2 is 1.77 bits per heavy atom. The third kappa shape index (κ3) is 4.30. The minimum Gasteiger partial charge on any atom is -0.384 e. The smallest absolute Gasteiger partial charge is 0.193 e. The molecule has 0 spiro atoms. The molecule has 1 atom stereocenters. The van der Waals surface area contributed by atoms with Crippen LogP contribution in [0.15, 0.2) is 53.5 Å². The standard InChI is InChI=1S/C17H20FN3O/c1-12-3-9-15(10-4-12)21-16(19)20-11-17(2,22)13-5-7-14(18)8-6-13/h3-10,22H,11H2,1-2H3,(H3,19,20,21). The molecule has 0 aliphatic rings. The van der Waals surface area contributed by atoms with E-state index in [4.69, 9.17) is 5.73 Å². The van der Waals surface area contributed by atoms with E-state index in [1.807, 2.05) is 31.2 Å². The zero-order valence-electron chi connectivity index (χ0n) is 12.7. The number of guanidine groups is 1. The van der Waals surface area contributed by atoms with E-state index in [9.17, 15) is 9.50 Å². The molecule has 0 aliphatic heterocycles. The summed E-state index contributed by atoms with van der Waals surface area (Å²) in [6.07, 6.45) is 0. The summed E-state index contributed by atoms with van der Waals surface area (Å²) in [6.45, 7) is 3.69. The Kier molecular flexibility index (Phi) is 4.78. The van der Waals surface area contributed by atoms with Crippen LogP contribution in [0.5, 0.6) is 0 Å². The van der Waals surface area contributed by atoms with Crippen LogP contribution >= 0.6 is 0 Å². The number of anilines is 1. The molecule has 2 aromatic rings. The van der Waals surface area contributed by atoms with Crippen molar-refractivity contribution in [1.82, 2.24) is 0 Å². The maximum absolute atomic E-state index is 12.9. The highest BCUT2D eigenvalue weighted by Gasteiger charge is 2.22. The molecule has 0 saturated carbocycles. The van der Waals surface area contributed by atoms with Crippen LogP contribution in [-0.2, 0) is 5.60 Å². The monoisotopic (exact) mass is 301 g/mol. The maximum Gasteiger partial charge on any atom is 0.193 e. The average Bonchev–Trinajstić information content (AvgIpc) is 2.48. The first kappa shape index (κ1) is 16.0. The molecule has 2 aromatic carbocycles. The fourth-order valence-electron chi connectivity index (χ4n) is 1.96. The summed E-state index contributed by atoms with van der Waals surface area (Å²) in [6, 6.07) is 13.4. The molecule has 0 saturated heterocycles. The van der Waals surface area contributed by atoms with Gasteiger partial charge in [-0.05, 0) is 43.7 Å². The van der Waals surface area contributed by atoms with Gasteiger partial charge in [-0.25, -0.2) is 9.38 Å². The summed E-state index contributed by atoms with van der Waals surface area (Å²) in [4.78, 5) is 4.15. The Balaban J connectivity index is 2.02. The number of nitrogens with zero attached hydrogens (tertiary/aromatic N) is 1. The van der Waals surface area contributed by atoms with Crippen molar-refractivity contribution in [2.75, 3.05) is 11.9 Å². The van der Waals surface area contributed by atoms with Gasteiger partial charge in [-0.1, -0.05) is 29.8 Å². The lowest BCUT2D eigenvalue weighted by molar-refractivity contribution is 0.0673. The lowest BCUT2D eigenvalue weighted by Gasteiger charge is -2.22. The van der Waals surface area contributed by atoms with E-state index in [0.717, 1.165) is 11.3 Å². The number of nitrogens with two attached hydrogens (primary N) is 1. The molecule has 0 aliphatic carbocycles. The Morgan fingerprint density at radius 1 is 1.18 bits per heavy atom. The van der Waals surface area contributed by atoms with E-state index >= 15 is 0 Å². The van der Waals surface area contributed by atoms with Gasteiger partial charge in [0, 0.05) is 5.69 Å². The van der Waals surface area contributed by atoms with E-state index in [0.29, 0.717) is 5.56 Å². The van der Waals surface area contributed by atoms with Crippen LogP contribution in [0.25, 0.3) is 0 Å². The number of halogens is 1. The number of aliphatic imine (C=N–C) groups is 1. The Hall–Kier alpha value is -2.40. The molecule has 0 radical (unpaired) electrons. The van der Waals surface area contributed by atoms with Crippen molar-refractivity contribution < 1.29 is 9.50 Å². The third-order valence-electron chi connectivity index (χ3n) is 3.35. The molecule has 0 aromatic heterocycles. The van der Waals surface area contributed by atoms with Crippen LogP contribution in [0.3, 0.4) is 0 Å². The zero-order chi connectivity index (χ0) is 16.2. The van der Waals surface area contributed by atoms with Crippen LogP contribution in [0.2, 0.25) is 0 Å². The SMILES string of the molecule is Cc1ccc(NC(N)=NCC(C)(O)c2ccc(F)cc2)cc1. The molecule has 22 heavy (non-hydrogen) atoms. The molecule has 0 heterocycles. The summed E-state index contributed by atoms with van der Waals surface area (Å²) in [5.41, 5.74) is 7.17.